The van der Waals surface area contributed by atoms with Gasteiger partial charge >= 0.3 is 0 Å². The van der Waals surface area contributed by atoms with Gasteiger partial charge in [0.1, 0.15) is 0 Å². The van der Waals surface area contributed by atoms with E-state index in [9.17, 15) is 14.4 Å². The first kappa shape index (κ1) is 22.3. The number of hydrogen-bond acceptors (Lipinski definition) is 5. The molecule has 2 fully saturated rings. The second-order valence-corrected chi connectivity index (χ2v) is 8.67. The molecule has 0 radical (unpaired) electrons. The number of rotatable bonds is 6. The monoisotopic (exact) mass is 418 g/mol. The summed E-state index contributed by atoms with van der Waals surface area (Å²) in [7, 11) is 0. The highest BCUT2D eigenvalue weighted by Gasteiger charge is 2.32. The van der Waals surface area contributed by atoms with Crippen molar-refractivity contribution < 1.29 is 18.8 Å². The Balaban J connectivity index is 1.47. The van der Waals surface area contributed by atoms with E-state index in [1.54, 1.807) is 17.0 Å². The zero-order valence-corrected chi connectivity index (χ0v) is 18.3. The van der Waals surface area contributed by atoms with E-state index >= 15 is 0 Å². The van der Waals surface area contributed by atoms with Gasteiger partial charge in [0.25, 0.3) is 5.91 Å². The van der Waals surface area contributed by atoms with Gasteiger partial charge in [-0.15, -0.1) is 0 Å². The van der Waals surface area contributed by atoms with Gasteiger partial charge < -0.3 is 19.5 Å². The van der Waals surface area contributed by atoms with E-state index in [0.717, 1.165) is 25.9 Å². The van der Waals surface area contributed by atoms with Crippen molar-refractivity contribution in [3.8, 4) is 0 Å². The summed E-state index contributed by atoms with van der Waals surface area (Å²) in [5.41, 5.74) is 0. The number of carbonyl (C=O) groups is 3. The van der Waals surface area contributed by atoms with Crippen LogP contribution in [-0.4, -0.2) is 84.3 Å². The van der Waals surface area contributed by atoms with Gasteiger partial charge in [-0.2, -0.15) is 0 Å². The number of furan rings is 1. The predicted molar refractivity (Wildman–Crippen MR) is 113 cm³/mol. The third-order valence-corrected chi connectivity index (χ3v) is 6.16. The van der Waals surface area contributed by atoms with Crippen LogP contribution in [0.2, 0.25) is 0 Å². The van der Waals surface area contributed by atoms with Crippen molar-refractivity contribution >= 4 is 17.7 Å². The van der Waals surface area contributed by atoms with Crippen LogP contribution in [0.25, 0.3) is 0 Å². The highest BCUT2D eigenvalue weighted by molar-refractivity contribution is 5.91. The zero-order valence-electron chi connectivity index (χ0n) is 18.3. The molecule has 2 unspecified atom stereocenters. The largest absolute Gasteiger partial charge is 0.459 e. The topological polar surface area (TPSA) is 86.1 Å². The Morgan fingerprint density at radius 3 is 2.43 bits per heavy atom. The summed E-state index contributed by atoms with van der Waals surface area (Å²) in [5, 5.41) is 3.02. The van der Waals surface area contributed by atoms with Crippen molar-refractivity contribution in [2.24, 2.45) is 11.8 Å². The molecule has 0 saturated carbocycles. The predicted octanol–water partition coefficient (Wildman–Crippen LogP) is 1.44. The highest BCUT2D eigenvalue weighted by Crippen LogP contribution is 2.20. The van der Waals surface area contributed by atoms with Crippen LogP contribution in [-0.2, 0) is 9.59 Å². The average molecular weight is 419 g/mol. The lowest BCUT2D eigenvalue weighted by Gasteiger charge is -2.40. The minimum absolute atomic E-state index is 0.0106. The maximum Gasteiger partial charge on any atom is 0.289 e. The summed E-state index contributed by atoms with van der Waals surface area (Å²) >= 11 is 0. The molecule has 2 aliphatic rings. The van der Waals surface area contributed by atoms with Crippen LogP contribution in [0.1, 0.15) is 44.2 Å². The summed E-state index contributed by atoms with van der Waals surface area (Å²) in [6.07, 6.45) is 3.60. The van der Waals surface area contributed by atoms with E-state index < -0.39 is 0 Å². The summed E-state index contributed by atoms with van der Waals surface area (Å²) in [6.45, 7) is 10.3. The Kier molecular flexibility index (Phi) is 7.53. The zero-order chi connectivity index (χ0) is 21.7. The van der Waals surface area contributed by atoms with Gasteiger partial charge in [-0.1, -0.05) is 13.8 Å². The van der Waals surface area contributed by atoms with Crippen LogP contribution >= 0.6 is 0 Å². The number of hydrogen-bond donors (Lipinski definition) is 1. The van der Waals surface area contributed by atoms with Crippen LogP contribution in [0.15, 0.2) is 22.8 Å². The van der Waals surface area contributed by atoms with Crippen LogP contribution in [0.5, 0.6) is 0 Å². The number of amides is 3. The Morgan fingerprint density at radius 1 is 1.10 bits per heavy atom. The van der Waals surface area contributed by atoms with Crippen molar-refractivity contribution in [2.45, 2.75) is 39.7 Å². The molecule has 0 spiro atoms. The van der Waals surface area contributed by atoms with E-state index in [2.05, 4.69) is 10.2 Å². The second-order valence-electron chi connectivity index (χ2n) is 8.67. The fourth-order valence-corrected chi connectivity index (χ4v) is 4.17. The summed E-state index contributed by atoms with van der Waals surface area (Å²) < 4.78 is 5.19. The maximum atomic E-state index is 13.1. The first-order valence-electron chi connectivity index (χ1n) is 11.0. The molecule has 3 amide bonds. The molecule has 166 valence electrons. The maximum absolute atomic E-state index is 13.1. The van der Waals surface area contributed by atoms with Crippen molar-refractivity contribution in [1.82, 2.24) is 20.0 Å². The number of piperazine rings is 1. The third kappa shape index (κ3) is 5.41. The van der Waals surface area contributed by atoms with Crippen molar-refractivity contribution in [3.63, 3.8) is 0 Å². The van der Waals surface area contributed by atoms with Crippen LogP contribution in [0.4, 0.5) is 0 Å². The van der Waals surface area contributed by atoms with Gasteiger partial charge in [0.05, 0.1) is 12.3 Å². The minimum Gasteiger partial charge on any atom is -0.459 e. The Morgan fingerprint density at radius 2 is 1.80 bits per heavy atom. The molecule has 2 aliphatic heterocycles. The lowest BCUT2D eigenvalue weighted by molar-refractivity contribution is -0.138. The Bertz CT molecular complexity index is 726. The van der Waals surface area contributed by atoms with E-state index in [1.807, 2.05) is 25.7 Å². The van der Waals surface area contributed by atoms with E-state index in [4.69, 9.17) is 4.42 Å². The fraction of sp³-hybridized carbons (Fsp3) is 0.682. The number of nitrogens with zero attached hydrogens (tertiary/aromatic N) is 3. The second kappa shape index (κ2) is 10.1. The molecule has 0 aromatic carbocycles. The van der Waals surface area contributed by atoms with Crippen molar-refractivity contribution in [2.75, 3.05) is 45.8 Å². The average Bonchev–Trinajstić information content (AvgIpc) is 3.31. The Labute approximate surface area is 178 Å². The van der Waals surface area contributed by atoms with Gasteiger partial charge in [0.15, 0.2) is 5.76 Å². The van der Waals surface area contributed by atoms with Crippen LogP contribution < -0.4 is 5.32 Å². The lowest BCUT2D eigenvalue weighted by Crippen LogP contribution is -2.56. The number of nitrogens with one attached hydrogen (secondary N) is 1. The SMILES string of the molecule is CC(C)C(=O)NCC1CCCN(C(C)C(=O)N2CCN(C(=O)c3ccco3)CC2)C1. The quantitative estimate of drug-likeness (QED) is 0.756. The van der Waals surface area contributed by atoms with Gasteiger partial charge in [-0.25, -0.2) is 0 Å². The molecular formula is C22H34N4O4. The molecule has 0 bridgehead atoms. The lowest BCUT2D eigenvalue weighted by atomic mass is 9.96. The molecule has 3 heterocycles. The summed E-state index contributed by atoms with van der Waals surface area (Å²) in [6, 6.07) is 3.17. The third-order valence-electron chi connectivity index (χ3n) is 6.16. The first-order chi connectivity index (χ1) is 14.4. The number of likely N-dealkylation sites (tertiary alicyclic amines) is 1. The van der Waals surface area contributed by atoms with Gasteiger partial charge in [0.2, 0.25) is 11.8 Å². The van der Waals surface area contributed by atoms with Crippen molar-refractivity contribution in [3.05, 3.63) is 24.2 Å². The molecule has 30 heavy (non-hydrogen) atoms. The molecule has 3 rings (SSSR count). The summed E-state index contributed by atoms with van der Waals surface area (Å²) in [4.78, 5) is 43.1. The minimum atomic E-state index is -0.194. The summed E-state index contributed by atoms with van der Waals surface area (Å²) in [5.74, 6) is 0.780. The van der Waals surface area contributed by atoms with E-state index in [1.165, 1.54) is 6.26 Å². The van der Waals surface area contributed by atoms with E-state index in [0.29, 0.717) is 44.4 Å². The smallest absolute Gasteiger partial charge is 0.289 e. The van der Waals surface area contributed by atoms with Crippen LogP contribution in [0.3, 0.4) is 0 Å². The molecular weight excluding hydrogens is 384 g/mol. The molecule has 8 heteroatoms. The molecule has 1 N–H and O–H groups in total. The van der Waals surface area contributed by atoms with Crippen LogP contribution in [0, 0.1) is 11.8 Å². The highest BCUT2D eigenvalue weighted by atomic mass is 16.3. The molecule has 8 nitrogen and oxygen atoms in total. The van der Waals surface area contributed by atoms with Crippen molar-refractivity contribution in [1.29, 1.82) is 0 Å². The van der Waals surface area contributed by atoms with Gasteiger partial charge in [-0.05, 0) is 44.4 Å². The number of piperidine rings is 1. The fourth-order valence-electron chi connectivity index (χ4n) is 4.17. The first-order valence-corrected chi connectivity index (χ1v) is 11.0. The van der Waals surface area contributed by atoms with E-state index in [-0.39, 0.29) is 29.7 Å². The van der Waals surface area contributed by atoms with Gasteiger partial charge in [-0.3, -0.25) is 19.3 Å². The Hall–Kier alpha value is -2.35. The standard InChI is InChI=1S/C22H34N4O4/c1-16(2)20(27)23-14-18-6-4-8-26(15-18)17(3)21(28)24-9-11-25(12-10-24)22(29)19-7-5-13-30-19/h5,7,13,16-18H,4,6,8-12,14-15H2,1-3H3,(H,23,27). The van der Waals surface area contributed by atoms with Gasteiger partial charge in [0, 0.05) is 45.2 Å². The normalized spacial score (nSPS) is 21.5. The molecule has 1 aromatic heterocycles. The molecule has 1 aromatic rings. The molecule has 2 saturated heterocycles. The molecule has 0 aliphatic carbocycles. The molecule has 2 atom stereocenters. The number of carbonyl (C=O) groups excluding carboxylic acids is 3.